The Morgan fingerprint density at radius 2 is 1.81 bits per heavy atom. The predicted octanol–water partition coefficient (Wildman–Crippen LogP) is 4.86. The third-order valence-corrected chi connectivity index (χ3v) is 7.34. The lowest BCUT2D eigenvalue weighted by Gasteiger charge is -2.33. The first-order chi connectivity index (χ1) is 15.4. The van der Waals surface area contributed by atoms with Crippen molar-refractivity contribution in [3.05, 3.63) is 101 Å². The van der Waals surface area contributed by atoms with Gasteiger partial charge in [-0.05, 0) is 48.9 Å². The number of benzene rings is 3. The second kappa shape index (κ2) is 7.74. The zero-order valence-electron chi connectivity index (χ0n) is 17.3. The van der Waals surface area contributed by atoms with Crippen molar-refractivity contribution in [1.82, 2.24) is 4.90 Å². The van der Waals surface area contributed by atoms with Crippen LogP contribution >= 0.6 is 11.8 Å². The second-order valence-electron chi connectivity index (χ2n) is 8.00. The lowest BCUT2D eigenvalue weighted by Crippen LogP contribution is -2.50. The number of thioether (sulfide) groups is 1. The quantitative estimate of drug-likeness (QED) is 0.572. The Balaban J connectivity index is 1.59. The number of amides is 2. The highest BCUT2D eigenvalue weighted by Crippen LogP contribution is 2.55. The SMILES string of the molecule is Cc1ccc2c(c1)[C@]1(SCCN1C(=O)c1cccc(F)c1)C(=O)N2Cc1ccc(F)cc1. The van der Waals surface area contributed by atoms with Gasteiger partial charge in [-0.3, -0.25) is 9.59 Å². The van der Waals surface area contributed by atoms with E-state index in [0.29, 0.717) is 12.3 Å². The molecule has 4 nitrogen and oxygen atoms in total. The van der Waals surface area contributed by atoms with Gasteiger partial charge in [-0.15, -0.1) is 11.8 Å². The molecule has 162 valence electrons. The minimum atomic E-state index is -1.20. The van der Waals surface area contributed by atoms with E-state index in [-0.39, 0.29) is 29.7 Å². The molecule has 0 unspecified atom stereocenters. The second-order valence-corrected chi connectivity index (χ2v) is 9.29. The molecule has 2 amide bonds. The van der Waals surface area contributed by atoms with Gasteiger partial charge in [0.05, 0.1) is 12.2 Å². The molecule has 1 saturated heterocycles. The maximum Gasteiger partial charge on any atom is 0.268 e. The van der Waals surface area contributed by atoms with Crippen molar-refractivity contribution in [3.63, 3.8) is 0 Å². The van der Waals surface area contributed by atoms with Crippen LogP contribution in [0.2, 0.25) is 0 Å². The molecule has 0 bridgehead atoms. The van der Waals surface area contributed by atoms with E-state index in [1.165, 1.54) is 42.1 Å². The van der Waals surface area contributed by atoms with Crippen molar-refractivity contribution in [2.24, 2.45) is 0 Å². The number of carbonyl (C=O) groups is 2. The molecular formula is C25H20F2N2O2S. The van der Waals surface area contributed by atoms with Gasteiger partial charge in [-0.1, -0.05) is 35.9 Å². The topological polar surface area (TPSA) is 40.6 Å². The maximum absolute atomic E-state index is 13.9. The van der Waals surface area contributed by atoms with Gasteiger partial charge in [-0.2, -0.15) is 0 Å². The van der Waals surface area contributed by atoms with Crippen molar-refractivity contribution in [2.45, 2.75) is 18.3 Å². The number of hydrogen-bond acceptors (Lipinski definition) is 3. The summed E-state index contributed by atoms with van der Waals surface area (Å²) in [6.45, 7) is 2.59. The van der Waals surface area contributed by atoms with Crippen LogP contribution in [0.15, 0.2) is 66.7 Å². The van der Waals surface area contributed by atoms with Crippen molar-refractivity contribution in [2.75, 3.05) is 17.2 Å². The van der Waals surface area contributed by atoms with Gasteiger partial charge in [0, 0.05) is 23.4 Å². The normalized spacial score (nSPS) is 19.7. The monoisotopic (exact) mass is 450 g/mol. The molecule has 3 aromatic rings. The summed E-state index contributed by atoms with van der Waals surface area (Å²) in [5, 5.41) is 0. The molecule has 0 aromatic heterocycles. The molecular weight excluding hydrogens is 430 g/mol. The first kappa shape index (κ1) is 20.7. The molecule has 0 N–H and O–H groups in total. The van der Waals surface area contributed by atoms with Crippen LogP contribution in [0.1, 0.15) is 27.0 Å². The van der Waals surface area contributed by atoms with Crippen LogP contribution in [0.4, 0.5) is 14.5 Å². The van der Waals surface area contributed by atoms with E-state index in [4.69, 9.17) is 0 Å². The predicted molar refractivity (Wildman–Crippen MR) is 120 cm³/mol. The van der Waals surface area contributed by atoms with Gasteiger partial charge < -0.3 is 9.80 Å². The zero-order chi connectivity index (χ0) is 22.5. The van der Waals surface area contributed by atoms with E-state index in [2.05, 4.69) is 0 Å². The molecule has 7 heteroatoms. The Kier molecular flexibility index (Phi) is 5.01. The van der Waals surface area contributed by atoms with Gasteiger partial charge in [0.25, 0.3) is 11.8 Å². The molecule has 5 rings (SSSR count). The number of carbonyl (C=O) groups excluding carboxylic acids is 2. The van der Waals surface area contributed by atoms with Crippen molar-refractivity contribution in [3.8, 4) is 0 Å². The Morgan fingerprint density at radius 1 is 1.03 bits per heavy atom. The number of aryl methyl sites for hydroxylation is 1. The largest absolute Gasteiger partial charge is 0.311 e. The highest BCUT2D eigenvalue weighted by atomic mass is 32.2. The van der Waals surface area contributed by atoms with Gasteiger partial charge >= 0.3 is 0 Å². The summed E-state index contributed by atoms with van der Waals surface area (Å²) in [4.78, 5) is 29.4. The fraction of sp³-hybridized carbons (Fsp3) is 0.200. The first-order valence-corrected chi connectivity index (χ1v) is 11.3. The average molecular weight is 451 g/mol. The average Bonchev–Trinajstić information content (AvgIpc) is 3.32. The lowest BCUT2D eigenvalue weighted by atomic mass is 10.0. The highest BCUT2D eigenvalue weighted by Gasteiger charge is 2.59. The molecule has 32 heavy (non-hydrogen) atoms. The third kappa shape index (κ3) is 3.19. The maximum atomic E-state index is 13.9. The molecule has 0 saturated carbocycles. The molecule has 1 fully saturated rings. The van der Waals surface area contributed by atoms with Gasteiger partial charge in [-0.25, -0.2) is 8.78 Å². The van der Waals surface area contributed by atoms with Crippen LogP contribution in [-0.2, 0) is 16.2 Å². The van der Waals surface area contributed by atoms with Crippen LogP contribution < -0.4 is 4.90 Å². The van der Waals surface area contributed by atoms with Crippen molar-refractivity contribution < 1.29 is 18.4 Å². The van der Waals surface area contributed by atoms with E-state index < -0.39 is 10.7 Å². The van der Waals surface area contributed by atoms with Crippen LogP contribution in [0.25, 0.3) is 0 Å². The summed E-state index contributed by atoms with van der Waals surface area (Å²) in [5.41, 5.74) is 3.47. The van der Waals surface area contributed by atoms with Crippen LogP contribution in [0, 0.1) is 18.6 Å². The fourth-order valence-electron chi connectivity index (χ4n) is 4.44. The fourth-order valence-corrected chi connectivity index (χ4v) is 5.89. The van der Waals surface area contributed by atoms with Crippen molar-refractivity contribution in [1.29, 1.82) is 0 Å². The minimum absolute atomic E-state index is 0.213. The molecule has 0 aliphatic carbocycles. The number of rotatable bonds is 3. The third-order valence-electron chi connectivity index (χ3n) is 5.92. The molecule has 1 atom stereocenters. The minimum Gasteiger partial charge on any atom is -0.311 e. The summed E-state index contributed by atoms with van der Waals surface area (Å²) >= 11 is 1.42. The van der Waals surface area contributed by atoms with Gasteiger partial charge in [0.1, 0.15) is 11.6 Å². The van der Waals surface area contributed by atoms with E-state index >= 15 is 0 Å². The lowest BCUT2D eigenvalue weighted by molar-refractivity contribution is -0.123. The van der Waals surface area contributed by atoms with Crippen molar-refractivity contribution >= 4 is 29.3 Å². The summed E-state index contributed by atoms with van der Waals surface area (Å²) in [6, 6.07) is 17.4. The van der Waals surface area contributed by atoms with E-state index in [1.807, 2.05) is 25.1 Å². The number of halogens is 2. The van der Waals surface area contributed by atoms with E-state index in [9.17, 15) is 18.4 Å². The molecule has 2 aliphatic rings. The summed E-state index contributed by atoms with van der Waals surface area (Å²) < 4.78 is 27.2. The van der Waals surface area contributed by atoms with Gasteiger partial charge in [0.15, 0.2) is 4.87 Å². The smallest absolute Gasteiger partial charge is 0.268 e. The molecule has 3 aromatic carbocycles. The highest BCUT2D eigenvalue weighted by molar-refractivity contribution is 8.01. The Bertz CT molecular complexity index is 1230. The molecule has 2 heterocycles. The molecule has 1 spiro atoms. The van der Waals surface area contributed by atoms with Gasteiger partial charge in [0.2, 0.25) is 0 Å². The Hall–Kier alpha value is -3.19. The molecule has 2 aliphatic heterocycles. The van der Waals surface area contributed by atoms with Crippen LogP contribution in [0.5, 0.6) is 0 Å². The number of anilines is 1. The molecule has 0 radical (unpaired) electrons. The van der Waals surface area contributed by atoms with Crippen LogP contribution in [-0.4, -0.2) is 29.0 Å². The standard InChI is InChI=1S/C25H20F2N2O2S/c1-16-5-10-22-21(13-16)25(24(31)28(22)15-17-6-8-19(26)9-7-17)29(11-12-32-25)23(30)18-3-2-4-20(27)14-18/h2-10,13-14H,11-12,15H2,1H3/t25-/m0/s1. The summed E-state index contributed by atoms with van der Waals surface area (Å²) in [7, 11) is 0. The summed E-state index contributed by atoms with van der Waals surface area (Å²) in [6.07, 6.45) is 0. The van der Waals surface area contributed by atoms with Crippen LogP contribution in [0.3, 0.4) is 0 Å². The Labute approximate surface area is 188 Å². The summed E-state index contributed by atoms with van der Waals surface area (Å²) in [5.74, 6) is -0.839. The number of nitrogens with zero attached hydrogens (tertiary/aromatic N) is 2. The zero-order valence-corrected chi connectivity index (χ0v) is 18.2. The number of hydrogen-bond donors (Lipinski definition) is 0. The number of fused-ring (bicyclic) bond motifs is 2. The van der Waals surface area contributed by atoms with E-state index in [1.54, 1.807) is 28.0 Å². The first-order valence-electron chi connectivity index (χ1n) is 10.3. The Morgan fingerprint density at radius 3 is 2.56 bits per heavy atom. The van der Waals surface area contributed by atoms with E-state index in [0.717, 1.165) is 22.4 Å².